The largest absolute Gasteiger partial charge is 0.488 e. The van der Waals surface area contributed by atoms with Gasteiger partial charge in [-0.25, -0.2) is 0 Å². The third kappa shape index (κ3) is 3.72. The van der Waals surface area contributed by atoms with E-state index < -0.39 is 6.10 Å². The number of hydrogen-bond acceptors (Lipinski definition) is 5. The molecule has 0 radical (unpaired) electrons. The predicted molar refractivity (Wildman–Crippen MR) is 94.2 cm³/mol. The minimum Gasteiger partial charge on any atom is -0.488 e. The van der Waals surface area contributed by atoms with E-state index in [0.29, 0.717) is 13.2 Å². The van der Waals surface area contributed by atoms with Crippen LogP contribution in [0.2, 0.25) is 0 Å². The third-order valence-corrected chi connectivity index (χ3v) is 4.76. The second-order valence-corrected chi connectivity index (χ2v) is 6.55. The van der Waals surface area contributed by atoms with Crippen molar-refractivity contribution in [2.24, 2.45) is 0 Å². The number of rotatable bonds is 5. The van der Waals surface area contributed by atoms with Gasteiger partial charge in [0.2, 0.25) is 0 Å². The van der Waals surface area contributed by atoms with E-state index in [1.54, 1.807) is 0 Å². The van der Waals surface area contributed by atoms with E-state index in [2.05, 4.69) is 5.32 Å². The van der Waals surface area contributed by atoms with E-state index in [4.69, 9.17) is 14.2 Å². The number of aliphatic hydroxyl groups excluding tert-OH is 1. The molecule has 25 heavy (non-hydrogen) atoms. The van der Waals surface area contributed by atoms with Gasteiger partial charge in [0.1, 0.15) is 30.7 Å². The van der Waals surface area contributed by atoms with Crippen LogP contribution in [0, 0.1) is 0 Å². The van der Waals surface area contributed by atoms with Gasteiger partial charge >= 0.3 is 0 Å². The molecular weight excluding hydrogens is 318 g/mol. The molecule has 0 aromatic heterocycles. The standard InChI is InChI=1S/C20H23NO4/c22-20-16(10-11-19(20)24-14-6-2-1-3-7-14)21-12-15-13-23-17-8-4-5-9-18(17)25-15/h1-9,15-16,19-22H,10-13H2/t15-,16-,19-,20-/m1/s1. The Morgan fingerprint density at radius 3 is 2.60 bits per heavy atom. The zero-order valence-corrected chi connectivity index (χ0v) is 14.0. The van der Waals surface area contributed by atoms with Crippen molar-refractivity contribution in [1.29, 1.82) is 0 Å². The lowest BCUT2D eigenvalue weighted by molar-refractivity contribution is 0.0385. The molecule has 0 bridgehead atoms. The number of hydrogen-bond donors (Lipinski definition) is 2. The second-order valence-electron chi connectivity index (χ2n) is 6.55. The summed E-state index contributed by atoms with van der Waals surface area (Å²) in [7, 11) is 0. The Balaban J connectivity index is 1.28. The zero-order chi connectivity index (χ0) is 17.1. The lowest BCUT2D eigenvalue weighted by Gasteiger charge is -2.28. The fraction of sp³-hybridized carbons (Fsp3) is 0.400. The molecule has 4 rings (SSSR count). The van der Waals surface area contributed by atoms with Crippen LogP contribution >= 0.6 is 0 Å². The number of benzene rings is 2. The Bertz CT molecular complexity index is 693. The molecule has 1 fully saturated rings. The Kier molecular flexibility index (Phi) is 4.76. The van der Waals surface area contributed by atoms with E-state index in [9.17, 15) is 5.11 Å². The van der Waals surface area contributed by atoms with Gasteiger partial charge in [0.05, 0.1) is 0 Å². The quantitative estimate of drug-likeness (QED) is 0.874. The van der Waals surface area contributed by atoms with Gasteiger partial charge in [-0.1, -0.05) is 30.3 Å². The number of ether oxygens (including phenoxy) is 3. The minimum absolute atomic E-state index is 0.00878. The van der Waals surface area contributed by atoms with Crippen molar-refractivity contribution >= 4 is 0 Å². The maximum Gasteiger partial charge on any atom is 0.161 e. The summed E-state index contributed by atoms with van der Waals surface area (Å²) >= 11 is 0. The average Bonchev–Trinajstić information content (AvgIpc) is 3.00. The van der Waals surface area contributed by atoms with E-state index in [-0.39, 0.29) is 18.2 Å². The molecule has 132 valence electrons. The highest BCUT2D eigenvalue weighted by atomic mass is 16.6. The molecule has 2 aromatic rings. The van der Waals surface area contributed by atoms with Gasteiger partial charge < -0.3 is 24.6 Å². The average molecular weight is 341 g/mol. The van der Waals surface area contributed by atoms with Gasteiger partial charge in [0.15, 0.2) is 11.5 Å². The summed E-state index contributed by atoms with van der Waals surface area (Å²) < 4.78 is 17.6. The van der Waals surface area contributed by atoms with Crippen molar-refractivity contribution in [1.82, 2.24) is 5.32 Å². The van der Waals surface area contributed by atoms with Gasteiger partial charge in [-0.15, -0.1) is 0 Å². The van der Waals surface area contributed by atoms with Gasteiger partial charge in [-0.05, 0) is 37.1 Å². The minimum atomic E-state index is -0.531. The van der Waals surface area contributed by atoms with Crippen molar-refractivity contribution in [2.45, 2.75) is 37.2 Å². The number of fused-ring (bicyclic) bond motifs is 1. The molecule has 1 heterocycles. The fourth-order valence-corrected chi connectivity index (χ4v) is 3.42. The monoisotopic (exact) mass is 341 g/mol. The molecule has 0 spiro atoms. The highest BCUT2D eigenvalue weighted by molar-refractivity contribution is 5.40. The Hall–Kier alpha value is -2.24. The van der Waals surface area contributed by atoms with Crippen molar-refractivity contribution in [3.05, 3.63) is 54.6 Å². The van der Waals surface area contributed by atoms with Crippen LogP contribution in [0.4, 0.5) is 0 Å². The molecule has 0 amide bonds. The maximum absolute atomic E-state index is 10.5. The van der Waals surface area contributed by atoms with Gasteiger partial charge in [-0.2, -0.15) is 0 Å². The lowest BCUT2D eigenvalue weighted by atomic mass is 10.2. The van der Waals surface area contributed by atoms with Gasteiger partial charge in [0.25, 0.3) is 0 Å². The molecule has 2 N–H and O–H groups in total. The molecule has 0 unspecified atom stereocenters. The Morgan fingerprint density at radius 2 is 1.76 bits per heavy atom. The fourth-order valence-electron chi connectivity index (χ4n) is 3.42. The van der Waals surface area contributed by atoms with Crippen LogP contribution in [0.25, 0.3) is 0 Å². The molecule has 2 aromatic carbocycles. The molecule has 5 nitrogen and oxygen atoms in total. The molecule has 0 saturated heterocycles. The van der Waals surface area contributed by atoms with Gasteiger partial charge in [-0.3, -0.25) is 0 Å². The van der Waals surface area contributed by atoms with Crippen LogP contribution in [0.5, 0.6) is 17.2 Å². The molecule has 1 saturated carbocycles. The van der Waals surface area contributed by atoms with E-state index in [1.165, 1.54) is 0 Å². The highest BCUT2D eigenvalue weighted by Gasteiger charge is 2.36. The van der Waals surface area contributed by atoms with Crippen LogP contribution in [0.15, 0.2) is 54.6 Å². The SMILES string of the molecule is O[C@@H]1[C@H](NC[C@@H]2COc3ccccc3O2)CC[C@H]1Oc1ccccc1. The second kappa shape index (κ2) is 7.33. The molecule has 2 aliphatic rings. The van der Waals surface area contributed by atoms with Crippen LogP contribution in [-0.4, -0.2) is 42.6 Å². The summed E-state index contributed by atoms with van der Waals surface area (Å²) in [5, 5.41) is 14.0. The summed E-state index contributed by atoms with van der Waals surface area (Å²) in [6, 6.07) is 17.3. The molecule has 4 atom stereocenters. The van der Waals surface area contributed by atoms with Crippen molar-refractivity contribution in [2.75, 3.05) is 13.2 Å². The van der Waals surface area contributed by atoms with Crippen LogP contribution in [0.1, 0.15) is 12.8 Å². The van der Waals surface area contributed by atoms with Crippen molar-refractivity contribution in [3.8, 4) is 17.2 Å². The summed E-state index contributed by atoms with van der Waals surface area (Å²) in [5.74, 6) is 2.36. The lowest BCUT2D eigenvalue weighted by Crippen LogP contribution is -2.47. The predicted octanol–water partition coefficient (Wildman–Crippen LogP) is 2.39. The van der Waals surface area contributed by atoms with Gasteiger partial charge in [0, 0.05) is 12.6 Å². The van der Waals surface area contributed by atoms with Crippen molar-refractivity contribution < 1.29 is 19.3 Å². The third-order valence-electron chi connectivity index (χ3n) is 4.76. The summed E-state index contributed by atoms with van der Waals surface area (Å²) in [4.78, 5) is 0. The molecule has 5 heteroatoms. The number of para-hydroxylation sites is 3. The zero-order valence-electron chi connectivity index (χ0n) is 14.0. The van der Waals surface area contributed by atoms with Crippen molar-refractivity contribution in [3.63, 3.8) is 0 Å². The van der Waals surface area contributed by atoms with Crippen LogP contribution < -0.4 is 19.5 Å². The normalized spacial score (nSPS) is 27.9. The molecule has 1 aliphatic carbocycles. The Labute approximate surface area is 147 Å². The van der Waals surface area contributed by atoms with Crippen LogP contribution in [-0.2, 0) is 0 Å². The smallest absolute Gasteiger partial charge is 0.161 e. The highest BCUT2D eigenvalue weighted by Crippen LogP contribution is 2.31. The van der Waals surface area contributed by atoms with Crippen LogP contribution in [0.3, 0.4) is 0 Å². The van der Waals surface area contributed by atoms with E-state index in [1.807, 2.05) is 54.6 Å². The van der Waals surface area contributed by atoms with E-state index >= 15 is 0 Å². The summed E-state index contributed by atoms with van der Waals surface area (Å²) in [6.45, 7) is 1.14. The first-order valence-corrected chi connectivity index (χ1v) is 8.81. The topological polar surface area (TPSA) is 60.0 Å². The number of nitrogens with one attached hydrogen (secondary N) is 1. The molecular formula is C20H23NO4. The summed E-state index contributed by atoms with van der Waals surface area (Å²) in [6.07, 6.45) is 0.943. The first-order valence-electron chi connectivity index (χ1n) is 8.81. The Morgan fingerprint density at radius 1 is 1.00 bits per heavy atom. The first-order chi connectivity index (χ1) is 12.3. The summed E-state index contributed by atoms with van der Waals surface area (Å²) in [5.41, 5.74) is 0. The van der Waals surface area contributed by atoms with E-state index in [0.717, 1.165) is 30.1 Å². The molecule has 1 aliphatic heterocycles. The first kappa shape index (κ1) is 16.2. The maximum atomic E-state index is 10.5. The number of aliphatic hydroxyl groups is 1.